The van der Waals surface area contributed by atoms with Crippen LogP contribution in [0.3, 0.4) is 0 Å². The van der Waals surface area contributed by atoms with Gasteiger partial charge in [0.15, 0.2) is 0 Å². The number of ether oxygens (including phenoxy) is 2. The van der Waals surface area contributed by atoms with Crippen molar-refractivity contribution in [2.24, 2.45) is 0 Å². The molecule has 2 aromatic heterocycles. The summed E-state index contributed by atoms with van der Waals surface area (Å²) in [4.78, 5) is 38.1. The zero-order valence-corrected chi connectivity index (χ0v) is 23.4. The van der Waals surface area contributed by atoms with Gasteiger partial charge in [0, 0.05) is 31.3 Å². The van der Waals surface area contributed by atoms with E-state index in [1.54, 1.807) is 35.2 Å². The molecule has 4 heterocycles. The number of nitrogens with zero attached hydrogens (tertiary/aromatic N) is 6. The van der Waals surface area contributed by atoms with Crippen molar-refractivity contribution < 1.29 is 28.6 Å². The molecule has 1 N–H and O–H groups in total. The number of piperazine rings is 1. The van der Waals surface area contributed by atoms with Crippen LogP contribution in [0.2, 0.25) is 0 Å². The van der Waals surface area contributed by atoms with Crippen molar-refractivity contribution in [3.05, 3.63) is 82.9 Å². The van der Waals surface area contributed by atoms with Crippen molar-refractivity contribution in [1.29, 1.82) is 5.26 Å². The van der Waals surface area contributed by atoms with E-state index in [0.29, 0.717) is 54.5 Å². The van der Waals surface area contributed by atoms with Gasteiger partial charge in [-0.05, 0) is 49.7 Å². The first kappa shape index (κ1) is 28.1. The van der Waals surface area contributed by atoms with Crippen molar-refractivity contribution in [3.63, 3.8) is 0 Å². The zero-order valence-electron chi connectivity index (χ0n) is 23.4. The number of nitriles is 1. The molecule has 0 bridgehead atoms. The first-order valence-corrected chi connectivity index (χ1v) is 14.0. The van der Waals surface area contributed by atoms with Crippen LogP contribution in [0, 0.1) is 17.1 Å². The number of carboxylic acid groups (broad SMARTS) is 1. The lowest BCUT2D eigenvalue weighted by Gasteiger charge is -2.38. The van der Waals surface area contributed by atoms with Crippen LogP contribution in [-0.4, -0.2) is 68.8 Å². The highest BCUT2D eigenvalue weighted by molar-refractivity contribution is 5.92. The van der Waals surface area contributed by atoms with Crippen molar-refractivity contribution >= 4 is 28.7 Å². The van der Waals surface area contributed by atoms with Gasteiger partial charge in [-0.3, -0.25) is 4.79 Å². The van der Waals surface area contributed by atoms with Crippen molar-refractivity contribution in [2.75, 3.05) is 31.1 Å². The molecule has 1 unspecified atom stereocenters. The highest BCUT2D eigenvalue weighted by Gasteiger charge is 2.33. The summed E-state index contributed by atoms with van der Waals surface area (Å²) in [5, 5.41) is 18.5. The molecule has 0 spiro atoms. The minimum atomic E-state index is -1.01. The Morgan fingerprint density at radius 1 is 1.21 bits per heavy atom. The van der Waals surface area contributed by atoms with Crippen LogP contribution in [0.25, 0.3) is 11.0 Å². The molecule has 2 saturated heterocycles. The number of carbonyl (C=O) groups is 2. The predicted octanol–water partition coefficient (Wildman–Crippen LogP) is 3.92. The smallest absolute Gasteiger partial charge is 0.335 e. The Morgan fingerprint density at radius 2 is 2.05 bits per heavy atom. The number of amides is 1. The van der Waals surface area contributed by atoms with Crippen molar-refractivity contribution in [2.45, 2.75) is 38.6 Å². The van der Waals surface area contributed by atoms with Gasteiger partial charge in [-0.15, -0.1) is 0 Å². The summed E-state index contributed by atoms with van der Waals surface area (Å²) >= 11 is 0. The number of carbonyl (C=O) groups excluding carboxylic acids is 1. The summed E-state index contributed by atoms with van der Waals surface area (Å²) in [5.74, 6) is -0.108. The molecule has 2 atom stereocenters. The average Bonchev–Trinajstić information content (AvgIpc) is 3.35. The normalized spacial score (nSPS) is 17.4. The van der Waals surface area contributed by atoms with Crippen LogP contribution < -0.4 is 9.64 Å². The number of pyridine rings is 1. The van der Waals surface area contributed by atoms with Crippen LogP contribution in [0.4, 0.5) is 10.2 Å². The first-order chi connectivity index (χ1) is 20.8. The first-order valence-electron chi connectivity index (χ1n) is 14.0. The van der Waals surface area contributed by atoms with E-state index >= 15 is 0 Å². The molecular formula is C31H29FN6O5. The third-order valence-electron chi connectivity index (χ3n) is 7.89. The van der Waals surface area contributed by atoms with Gasteiger partial charge in [0.2, 0.25) is 11.8 Å². The number of rotatable bonds is 9. The van der Waals surface area contributed by atoms with Crippen LogP contribution in [0.1, 0.15) is 46.7 Å². The quantitative estimate of drug-likeness (QED) is 0.311. The van der Waals surface area contributed by atoms with Gasteiger partial charge in [-0.2, -0.15) is 10.2 Å². The van der Waals surface area contributed by atoms with Crippen molar-refractivity contribution in [3.8, 4) is 11.9 Å². The molecule has 0 saturated carbocycles. The highest BCUT2D eigenvalue weighted by Crippen LogP contribution is 2.30. The van der Waals surface area contributed by atoms with Crippen LogP contribution in [0.15, 0.2) is 54.6 Å². The Labute approximate surface area is 246 Å². The Balaban J connectivity index is 1.16. The predicted molar refractivity (Wildman–Crippen MR) is 153 cm³/mol. The molecule has 1 amide bonds. The van der Waals surface area contributed by atoms with E-state index in [2.05, 4.69) is 4.98 Å². The maximum absolute atomic E-state index is 14.3. The van der Waals surface area contributed by atoms with Gasteiger partial charge in [-0.25, -0.2) is 14.2 Å². The van der Waals surface area contributed by atoms with E-state index in [9.17, 15) is 19.1 Å². The van der Waals surface area contributed by atoms with E-state index in [4.69, 9.17) is 19.7 Å². The monoisotopic (exact) mass is 584 g/mol. The van der Waals surface area contributed by atoms with Crippen molar-refractivity contribution in [1.82, 2.24) is 19.4 Å². The molecule has 0 radical (unpaired) electrons. The molecule has 220 valence electrons. The largest absolute Gasteiger partial charge is 0.478 e. The van der Waals surface area contributed by atoms with E-state index in [1.807, 2.05) is 22.5 Å². The van der Waals surface area contributed by atoms with Gasteiger partial charge in [0.05, 0.1) is 53.5 Å². The third-order valence-corrected chi connectivity index (χ3v) is 7.89. The fourth-order valence-corrected chi connectivity index (χ4v) is 5.39. The number of imidazole rings is 1. The molecule has 12 heteroatoms. The number of carboxylic acids is 1. The maximum Gasteiger partial charge on any atom is 0.335 e. The van der Waals surface area contributed by atoms with Gasteiger partial charge in [-0.1, -0.05) is 12.1 Å². The number of benzene rings is 2. The Kier molecular flexibility index (Phi) is 7.65. The Hall–Kier alpha value is -5.02. The lowest BCUT2D eigenvalue weighted by molar-refractivity contribution is -0.133. The van der Waals surface area contributed by atoms with Crippen LogP contribution in [-0.2, 0) is 22.7 Å². The van der Waals surface area contributed by atoms with E-state index < -0.39 is 11.8 Å². The molecule has 0 aliphatic carbocycles. The molecule has 43 heavy (non-hydrogen) atoms. The lowest BCUT2D eigenvalue weighted by atomic mass is 10.1. The van der Waals surface area contributed by atoms with E-state index in [1.165, 1.54) is 18.2 Å². The van der Waals surface area contributed by atoms with Crippen LogP contribution >= 0.6 is 0 Å². The summed E-state index contributed by atoms with van der Waals surface area (Å²) in [6.07, 6.45) is 0.917. The number of hydrogen-bond donors (Lipinski definition) is 1. The van der Waals surface area contributed by atoms with Gasteiger partial charge in [0.25, 0.3) is 0 Å². The number of fused-ring (bicyclic) bond motifs is 1. The summed E-state index contributed by atoms with van der Waals surface area (Å²) in [6.45, 7) is 4.13. The van der Waals surface area contributed by atoms with E-state index in [0.717, 1.165) is 12.5 Å². The number of halogens is 1. The molecule has 6 rings (SSSR count). The third kappa shape index (κ3) is 5.72. The Bertz CT molecular complexity index is 1750. The van der Waals surface area contributed by atoms with E-state index in [-0.39, 0.29) is 48.2 Å². The second kappa shape index (κ2) is 11.7. The maximum atomic E-state index is 14.3. The fraction of sp³-hybridized carbons (Fsp3) is 0.323. The lowest BCUT2D eigenvalue weighted by Crippen LogP contribution is -2.51. The number of aromatic carboxylic acids is 1. The molecule has 11 nitrogen and oxygen atoms in total. The molecule has 2 aliphatic heterocycles. The fourth-order valence-electron chi connectivity index (χ4n) is 5.39. The summed E-state index contributed by atoms with van der Waals surface area (Å²) in [7, 11) is 0. The minimum absolute atomic E-state index is 0.0124. The molecule has 4 aromatic rings. The summed E-state index contributed by atoms with van der Waals surface area (Å²) < 4.78 is 27.6. The van der Waals surface area contributed by atoms with Gasteiger partial charge in [0.1, 0.15) is 24.1 Å². The van der Waals surface area contributed by atoms with Gasteiger partial charge < -0.3 is 28.9 Å². The Morgan fingerprint density at radius 3 is 2.74 bits per heavy atom. The number of hydrogen-bond acceptors (Lipinski definition) is 8. The molecule has 2 aromatic carbocycles. The zero-order chi connectivity index (χ0) is 30.1. The number of aromatic nitrogens is 3. The standard InChI is InChI=1S/C31H29FN6O5/c1-19(30-34-25-8-7-21(31(40)41)14-26(25)38(30)16-23-9-12-42-23)37-11-10-36(17-29(37)39)27-3-2-4-28(35-27)43-18-22-6-5-20(15-33)13-24(22)32/h2-8,13-14,19,23H,9-12,16-18H2,1H3,(H,40,41)/t19?,23-/m0/s1. The average molecular weight is 585 g/mol. The number of anilines is 1. The highest BCUT2D eigenvalue weighted by atomic mass is 19.1. The van der Waals surface area contributed by atoms with Crippen LogP contribution in [0.5, 0.6) is 5.88 Å². The molecule has 2 fully saturated rings. The van der Waals surface area contributed by atoms with Gasteiger partial charge >= 0.3 is 5.97 Å². The molecule has 2 aliphatic rings. The summed E-state index contributed by atoms with van der Waals surface area (Å²) in [6, 6.07) is 15.8. The second-order valence-electron chi connectivity index (χ2n) is 10.6. The second-order valence-corrected chi connectivity index (χ2v) is 10.6. The SMILES string of the molecule is CC(c1nc2ccc(C(=O)O)cc2n1C[C@@H]1CCO1)N1CCN(c2cccc(OCc3ccc(C#N)cc3F)n2)CC1=O. The molecular weight excluding hydrogens is 555 g/mol. The minimum Gasteiger partial charge on any atom is -0.478 e. The summed E-state index contributed by atoms with van der Waals surface area (Å²) in [5.41, 5.74) is 2.08. The topological polar surface area (TPSA) is 134 Å².